The molecule has 2 amide bonds. The number of halogens is 1. The molecule has 2 N–H and O–H groups in total. The molecule has 8 nitrogen and oxygen atoms in total. The van der Waals surface area contributed by atoms with Gasteiger partial charge in [-0.1, -0.05) is 53.7 Å². The first-order valence-electron chi connectivity index (χ1n) is 10.2. The maximum atomic E-state index is 12.4. The molecule has 0 fully saturated rings. The summed E-state index contributed by atoms with van der Waals surface area (Å²) in [5, 5.41) is 9.72. The van der Waals surface area contributed by atoms with Crippen molar-refractivity contribution in [3.8, 4) is 22.8 Å². The minimum Gasteiger partial charge on any atom is -0.497 e. The van der Waals surface area contributed by atoms with Gasteiger partial charge in [0.1, 0.15) is 5.75 Å². The summed E-state index contributed by atoms with van der Waals surface area (Å²) in [6.45, 7) is 0. The van der Waals surface area contributed by atoms with Gasteiger partial charge < -0.3 is 4.74 Å². The number of nitrogens with one attached hydrogen (secondary N) is 2. The largest absolute Gasteiger partial charge is 0.497 e. The van der Waals surface area contributed by atoms with Crippen LogP contribution in [0, 0.1) is 0 Å². The summed E-state index contributed by atoms with van der Waals surface area (Å²) in [7, 11) is 1.60. The number of carbonyl (C=O) groups excluding carboxylic acids is 2. The number of para-hydroxylation sites is 1. The fourth-order valence-corrected chi connectivity index (χ4v) is 3.97. The lowest BCUT2D eigenvalue weighted by molar-refractivity contribution is -0.119. The highest BCUT2D eigenvalue weighted by Crippen LogP contribution is 2.29. The average molecular weight is 494 g/mol. The Morgan fingerprint density at radius 3 is 2.47 bits per heavy atom. The molecule has 34 heavy (non-hydrogen) atoms. The van der Waals surface area contributed by atoms with E-state index < -0.39 is 11.8 Å². The third kappa shape index (κ3) is 5.56. The zero-order chi connectivity index (χ0) is 23.9. The molecule has 0 aliphatic carbocycles. The normalized spacial score (nSPS) is 10.5. The zero-order valence-corrected chi connectivity index (χ0v) is 19.6. The van der Waals surface area contributed by atoms with Gasteiger partial charge in [0.2, 0.25) is 5.91 Å². The molecule has 0 saturated carbocycles. The molecule has 4 aromatic rings. The summed E-state index contributed by atoms with van der Waals surface area (Å²) >= 11 is 7.04. The number of thioether (sulfide) groups is 1. The molecule has 3 aromatic carbocycles. The molecule has 172 valence electrons. The van der Waals surface area contributed by atoms with E-state index in [1.165, 1.54) is 11.8 Å². The number of hydrogen-bond donors (Lipinski definition) is 2. The van der Waals surface area contributed by atoms with Crippen molar-refractivity contribution < 1.29 is 14.3 Å². The van der Waals surface area contributed by atoms with Crippen molar-refractivity contribution in [2.75, 3.05) is 12.9 Å². The number of benzene rings is 3. The van der Waals surface area contributed by atoms with Crippen LogP contribution in [0.1, 0.15) is 10.4 Å². The Labute approximate surface area is 205 Å². The molecule has 0 unspecified atom stereocenters. The number of amides is 2. The van der Waals surface area contributed by atoms with Gasteiger partial charge in [-0.25, -0.2) is 0 Å². The second-order valence-electron chi connectivity index (χ2n) is 7.01. The molecule has 4 rings (SSSR count). The molecule has 0 aliphatic rings. The van der Waals surface area contributed by atoms with Gasteiger partial charge in [-0.3, -0.25) is 25.0 Å². The highest BCUT2D eigenvalue weighted by atomic mass is 35.5. The van der Waals surface area contributed by atoms with Gasteiger partial charge >= 0.3 is 0 Å². The molecular weight excluding hydrogens is 474 g/mol. The van der Waals surface area contributed by atoms with E-state index in [-0.39, 0.29) is 5.75 Å². The third-order valence-corrected chi connectivity index (χ3v) is 5.91. The van der Waals surface area contributed by atoms with Crippen LogP contribution in [-0.2, 0) is 4.79 Å². The summed E-state index contributed by atoms with van der Waals surface area (Å²) < 4.78 is 7.21. The van der Waals surface area contributed by atoms with E-state index >= 15 is 0 Å². The second-order valence-corrected chi connectivity index (χ2v) is 8.39. The molecule has 0 radical (unpaired) electrons. The van der Waals surface area contributed by atoms with Crippen LogP contribution in [0.3, 0.4) is 0 Å². The molecule has 0 aliphatic heterocycles. The van der Waals surface area contributed by atoms with E-state index in [9.17, 15) is 9.59 Å². The van der Waals surface area contributed by atoms with Gasteiger partial charge in [0.05, 0.1) is 12.9 Å². The Kier molecular flexibility index (Phi) is 7.46. The number of methoxy groups -OCH3 is 1. The van der Waals surface area contributed by atoms with Crippen molar-refractivity contribution in [3.05, 3.63) is 89.4 Å². The predicted octanol–water partition coefficient (Wildman–Crippen LogP) is 4.15. The summed E-state index contributed by atoms with van der Waals surface area (Å²) in [6, 6.07) is 23.5. The number of aromatic nitrogens is 3. The van der Waals surface area contributed by atoms with Crippen LogP contribution in [0.4, 0.5) is 0 Å². The van der Waals surface area contributed by atoms with E-state index in [0.717, 1.165) is 11.3 Å². The summed E-state index contributed by atoms with van der Waals surface area (Å²) in [5.74, 6) is 0.499. The lowest BCUT2D eigenvalue weighted by Crippen LogP contribution is -2.42. The van der Waals surface area contributed by atoms with E-state index in [1.807, 2.05) is 59.2 Å². The molecular formula is C24H20ClN5O3S. The van der Waals surface area contributed by atoms with Gasteiger partial charge in [0.25, 0.3) is 5.91 Å². The molecule has 0 spiro atoms. The van der Waals surface area contributed by atoms with Gasteiger partial charge in [-0.15, -0.1) is 10.2 Å². The quantitative estimate of drug-likeness (QED) is 0.296. The number of carbonyl (C=O) groups is 2. The van der Waals surface area contributed by atoms with Crippen LogP contribution in [0.15, 0.2) is 84.0 Å². The van der Waals surface area contributed by atoms with Crippen LogP contribution >= 0.6 is 23.4 Å². The minimum absolute atomic E-state index is 0.0178. The topological polar surface area (TPSA) is 98.1 Å². The predicted molar refractivity (Wildman–Crippen MR) is 131 cm³/mol. The lowest BCUT2D eigenvalue weighted by atomic mass is 10.2. The molecule has 1 aromatic heterocycles. The van der Waals surface area contributed by atoms with Crippen LogP contribution in [0.2, 0.25) is 5.02 Å². The third-order valence-electron chi connectivity index (χ3n) is 4.73. The fraction of sp³-hybridized carbons (Fsp3) is 0.0833. The average Bonchev–Trinajstić information content (AvgIpc) is 3.31. The SMILES string of the molecule is COc1cccc(-c2nnc(SCC(=O)NNC(=O)c3ccc(Cl)cc3)n2-c2ccccc2)c1. The van der Waals surface area contributed by atoms with Gasteiger partial charge in [-0.05, 0) is 48.5 Å². The smallest absolute Gasteiger partial charge is 0.269 e. The maximum absolute atomic E-state index is 12.4. The monoisotopic (exact) mass is 493 g/mol. The number of ether oxygens (including phenoxy) is 1. The molecule has 1 heterocycles. The van der Waals surface area contributed by atoms with E-state index in [2.05, 4.69) is 21.0 Å². The Hall–Kier alpha value is -3.82. The molecule has 10 heteroatoms. The standard InChI is InChI=1S/C24H20ClN5O3S/c1-33-20-9-5-6-17(14-20)22-27-29-24(30(22)19-7-3-2-4-8-19)34-15-21(31)26-28-23(32)16-10-12-18(25)13-11-16/h2-14H,15H2,1H3,(H,26,31)(H,28,32). The Morgan fingerprint density at radius 1 is 0.971 bits per heavy atom. The Morgan fingerprint density at radius 2 is 1.74 bits per heavy atom. The summed E-state index contributed by atoms with van der Waals surface area (Å²) in [4.78, 5) is 24.5. The van der Waals surface area contributed by atoms with Gasteiger partial charge in [-0.2, -0.15) is 0 Å². The van der Waals surface area contributed by atoms with Gasteiger partial charge in [0, 0.05) is 21.8 Å². The van der Waals surface area contributed by atoms with Crippen molar-refractivity contribution >= 4 is 35.2 Å². The van der Waals surface area contributed by atoms with Crippen molar-refractivity contribution in [1.82, 2.24) is 25.6 Å². The van der Waals surface area contributed by atoms with Crippen molar-refractivity contribution in [2.24, 2.45) is 0 Å². The number of rotatable bonds is 7. The van der Waals surface area contributed by atoms with Crippen LogP contribution in [-0.4, -0.2) is 39.4 Å². The van der Waals surface area contributed by atoms with E-state index in [0.29, 0.717) is 27.3 Å². The highest BCUT2D eigenvalue weighted by Gasteiger charge is 2.18. The number of hydrazine groups is 1. The minimum atomic E-state index is -0.442. The first kappa shape index (κ1) is 23.3. The maximum Gasteiger partial charge on any atom is 0.269 e. The van der Waals surface area contributed by atoms with Crippen molar-refractivity contribution in [1.29, 1.82) is 0 Å². The summed E-state index contributed by atoms with van der Waals surface area (Å²) in [6.07, 6.45) is 0. The first-order valence-corrected chi connectivity index (χ1v) is 11.5. The highest BCUT2D eigenvalue weighted by molar-refractivity contribution is 7.99. The van der Waals surface area contributed by atoms with Crippen LogP contribution in [0.5, 0.6) is 5.75 Å². The van der Waals surface area contributed by atoms with E-state index in [4.69, 9.17) is 16.3 Å². The van der Waals surface area contributed by atoms with E-state index in [1.54, 1.807) is 31.4 Å². The lowest BCUT2D eigenvalue weighted by Gasteiger charge is -2.11. The van der Waals surface area contributed by atoms with Crippen molar-refractivity contribution in [3.63, 3.8) is 0 Å². The Bertz CT molecular complexity index is 1300. The zero-order valence-electron chi connectivity index (χ0n) is 18.1. The van der Waals surface area contributed by atoms with Crippen LogP contribution < -0.4 is 15.6 Å². The first-order chi connectivity index (χ1) is 16.5. The summed E-state index contributed by atoms with van der Waals surface area (Å²) in [5.41, 5.74) is 6.86. The second kappa shape index (κ2) is 10.9. The molecule has 0 bridgehead atoms. The number of nitrogens with zero attached hydrogens (tertiary/aromatic N) is 3. The molecule has 0 saturated heterocycles. The van der Waals surface area contributed by atoms with Crippen LogP contribution in [0.25, 0.3) is 17.1 Å². The fourth-order valence-electron chi connectivity index (χ4n) is 3.09. The van der Waals surface area contributed by atoms with Gasteiger partial charge in [0.15, 0.2) is 11.0 Å². The number of hydrogen-bond acceptors (Lipinski definition) is 6. The molecule has 0 atom stereocenters. The van der Waals surface area contributed by atoms with Crippen molar-refractivity contribution in [2.45, 2.75) is 5.16 Å². The Balaban J connectivity index is 1.48.